The molecule has 0 unspecified atom stereocenters. The van der Waals surface area contributed by atoms with E-state index in [1.165, 1.54) is 19.3 Å². The fourth-order valence-corrected chi connectivity index (χ4v) is 1.84. The Kier molecular flexibility index (Phi) is 1.70. The molecule has 2 aromatic heterocycles. The lowest BCUT2D eigenvalue weighted by molar-refractivity contribution is 0.395. The first-order valence-electron chi connectivity index (χ1n) is 4.72. The third-order valence-corrected chi connectivity index (χ3v) is 2.93. The van der Waals surface area contributed by atoms with Gasteiger partial charge in [0.1, 0.15) is 5.15 Å². The van der Waals surface area contributed by atoms with Crippen molar-refractivity contribution in [2.75, 3.05) is 0 Å². The highest BCUT2D eigenvalue weighted by Crippen LogP contribution is 2.34. The van der Waals surface area contributed by atoms with Gasteiger partial charge in [0.05, 0.1) is 0 Å². The molecule has 0 radical (unpaired) electrons. The summed E-state index contributed by atoms with van der Waals surface area (Å²) < 4.78 is 1.76. The molecular formula is C9H9ClN4. The van der Waals surface area contributed by atoms with Crippen molar-refractivity contribution in [3.05, 3.63) is 23.1 Å². The van der Waals surface area contributed by atoms with Crippen LogP contribution in [0.25, 0.3) is 5.65 Å². The normalized spacial score (nSPS) is 17.2. The number of fused-ring (bicyclic) bond motifs is 1. The number of halogens is 1. The van der Waals surface area contributed by atoms with Crippen molar-refractivity contribution in [2.24, 2.45) is 0 Å². The molecule has 1 saturated carbocycles. The number of nitrogens with zero attached hydrogens (tertiary/aromatic N) is 4. The second-order valence-corrected chi connectivity index (χ2v) is 4.00. The van der Waals surface area contributed by atoms with Crippen LogP contribution >= 0.6 is 11.6 Å². The average Bonchev–Trinajstić information content (AvgIpc) is 2.46. The molecular weight excluding hydrogens is 200 g/mol. The first-order chi connectivity index (χ1) is 6.84. The van der Waals surface area contributed by atoms with Crippen LogP contribution in [0.2, 0.25) is 5.15 Å². The molecule has 0 saturated heterocycles. The van der Waals surface area contributed by atoms with E-state index < -0.39 is 0 Å². The Bertz CT molecular complexity index is 475. The maximum absolute atomic E-state index is 5.83. The van der Waals surface area contributed by atoms with Gasteiger partial charge in [-0.25, -0.2) is 0 Å². The van der Waals surface area contributed by atoms with Crippen LogP contribution in [-0.2, 0) is 0 Å². The van der Waals surface area contributed by atoms with E-state index in [0.29, 0.717) is 11.1 Å². The van der Waals surface area contributed by atoms with Gasteiger partial charge in [-0.1, -0.05) is 18.0 Å². The summed E-state index contributed by atoms with van der Waals surface area (Å²) >= 11 is 5.83. The zero-order valence-corrected chi connectivity index (χ0v) is 8.28. The van der Waals surface area contributed by atoms with Gasteiger partial charge in [-0.3, -0.25) is 0 Å². The molecule has 3 rings (SSSR count). The van der Waals surface area contributed by atoms with E-state index in [0.717, 1.165) is 11.5 Å². The van der Waals surface area contributed by atoms with Crippen LogP contribution in [-0.4, -0.2) is 19.8 Å². The van der Waals surface area contributed by atoms with Crippen molar-refractivity contribution in [1.82, 2.24) is 19.8 Å². The first kappa shape index (κ1) is 8.17. The third kappa shape index (κ3) is 1.10. The summed E-state index contributed by atoms with van der Waals surface area (Å²) in [6.07, 6.45) is 3.66. The molecule has 1 fully saturated rings. The van der Waals surface area contributed by atoms with Crippen molar-refractivity contribution in [3.8, 4) is 0 Å². The monoisotopic (exact) mass is 208 g/mol. The minimum absolute atomic E-state index is 0.484. The minimum atomic E-state index is 0.484. The quantitative estimate of drug-likeness (QED) is 0.721. The van der Waals surface area contributed by atoms with Gasteiger partial charge in [0.25, 0.3) is 0 Å². The Labute approximate surface area is 85.9 Å². The minimum Gasteiger partial charge on any atom is -0.196 e. The fraction of sp³-hybridized carbons (Fsp3) is 0.444. The highest BCUT2D eigenvalue weighted by Gasteiger charge is 2.25. The van der Waals surface area contributed by atoms with E-state index in [1.807, 2.05) is 6.07 Å². The lowest BCUT2D eigenvalue weighted by Gasteiger charge is -2.22. The van der Waals surface area contributed by atoms with Gasteiger partial charge in [0.2, 0.25) is 0 Å². The molecule has 2 heterocycles. The predicted octanol–water partition coefficient (Wildman–Crippen LogP) is 2.05. The lowest BCUT2D eigenvalue weighted by Crippen LogP contribution is -2.13. The van der Waals surface area contributed by atoms with E-state index >= 15 is 0 Å². The summed E-state index contributed by atoms with van der Waals surface area (Å²) in [6, 6.07) is 3.57. The SMILES string of the molecule is Clc1ccc2nnc(C3CCC3)n2n1. The largest absolute Gasteiger partial charge is 0.196 e. The van der Waals surface area contributed by atoms with Crippen LogP contribution < -0.4 is 0 Å². The second kappa shape index (κ2) is 2.92. The van der Waals surface area contributed by atoms with Crippen LogP contribution in [0.15, 0.2) is 12.1 Å². The Hall–Kier alpha value is -1.16. The maximum Gasteiger partial charge on any atom is 0.178 e. The molecule has 0 spiro atoms. The number of hydrogen-bond acceptors (Lipinski definition) is 3. The Morgan fingerprint density at radius 3 is 2.86 bits per heavy atom. The Morgan fingerprint density at radius 1 is 1.29 bits per heavy atom. The number of rotatable bonds is 1. The van der Waals surface area contributed by atoms with Gasteiger partial charge in [-0.05, 0) is 25.0 Å². The van der Waals surface area contributed by atoms with Crippen molar-refractivity contribution < 1.29 is 0 Å². The van der Waals surface area contributed by atoms with Crippen LogP contribution in [0.4, 0.5) is 0 Å². The van der Waals surface area contributed by atoms with Crippen molar-refractivity contribution in [1.29, 1.82) is 0 Å². The summed E-state index contributed by atoms with van der Waals surface area (Å²) in [7, 11) is 0. The van der Waals surface area contributed by atoms with E-state index in [2.05, 4.69) is 15.3 Å². The van der Waals surface area contributed by atoms with Crippen molar-refractivity contribution >= 4 is 17.2 Å². The van der Waals surface area contributed by atoms with Gasteiger partial charge in [-0.15, -0.1) is 10.2 Å². The van der Waals surface area contributed by atoms with E-state index in [9.17, 15) is 0 Å². The van der Waals surface area contributed by atoms with Crippen molar-refractivity contribution in [3.63, 3.8) is 0 Å². The smallest absolute Gasteiger partial charge is 0.178 e. The van der Waals surface area contributed by atoms with Gasteiger partial charge < -0.3 is 0 Å². The first-order valence-corrected chi connectivity index (χ1v) is 5.10. The van der Waals surface area contributed by atoms with E-state index in [1.54, 1.807) is 10.6 Å². The number of hydrogen-bond donors (Lipinski definition) is 0. The molecule has 0 aromatic carbocycles. The zero-order valence-electron chi connectivity index (χ0n) is 7.52. The molecule has 0 amide bonds. The summed E-state index contributed by atoms with van der Waals surface area (Å²) in [6.45, 7) is 0. The summed E-state index contributed by atoms with van der Waals surface area (Å²) in [4.78, 5) is 0. The standard InChI is InChI=1S/C9H9ClN4/c10-7-4-5-8-11-12-9(14(8)13-7)6-2-1-3-6/h4-6H,1-3H2. The van der Waals surface area contributed by atoms with Gasteiger partial charge in [-0.2, -0.15) is 9.61 Å². The van der Waals surface area contributed by atoms with E-state index in [-0.39, 0.29) is 0 Å². The molecule has 0 aliphatic heterocycles. The average molecular weight is 209 g/mol. The van der Waals surface area contributed by atoms with Crippen molar-refractivity contribution in [2.45, 2.75) is 25.2 Å². The zero-order chi connectivity index (χ0) is 9.54. The highest BCUT2D eigenvalue weighted by molar-refractivity contribution is 6.29. The summed E-state index contributed by atoms with van der Waals surface area (Å²) in [5, 5.41) is 12.9. The topological polar surface area (TPSA) is 43.1 Å². The molecule has 1 aliphatic rings. The van der Waals surface area contributed by atoms with Crippen LogP contribution in [0.3, 0.4) is 0 Å². The molecule has 14 heavy (non-hydrogen) atoms. The number of aromatic nitrogens is 4. The molecule has 1 aliphatic carbocycles. The van der Waals surface area contributed by atoms with E-state index in [4.69, 9.17) is 11.6 Å². The van der Waals surface area contributed by atoms with Gasteiger partial charge >= 0.3 is 0 Å². The van der Waals surface area contributed by atoms with Gasteiger partial charge in [0, 0.05) is 5.92 Å². The molecule has 4 nitrogen and oxygen atoms in total. The third-order valence-electron chi connectivity index (χ3n) is 2.72. The summed E-state index contributed by atoms with van der Waals surface area (Å²) in [5.74, 6) is 1.48. The van der Waals surface area contributed by atoms with Crippen LogP contribution in [0, 0.1) is 0 Å². The molecule has 0 bridgehead atoms. The Morgan fingerprint density at radius 2 is 2.14 bits per heavy atom. The lowest BCUT2D eigenvalue weighted by atomic mass is 9.85. The van der Waals surface area contributed by atoms with Gasteiger partial charge in [0.15, 0.2) is 11.5 Å². The maximum atomic E-state index is 5.83. The molecule has 72 valence electrons. The summed E-state index contributed by atoms with van der Waals surface area (Å²) in [5.41, 5.74) is 0.774. The van der Waals surface area contributed by atoms with Crippen LogP contribution in [0.5, 0.6) is 0 Å². The van der Waals surface area contributed by atoms with Crippen LogP contribution in [0.1, 0.15) is 31.0 Å². The molecule has 2 aromatic rings. The molecule has 0 atom stereocenters. The highest BCUT2D eigenvalue weighted by atomic mass is 35.5. The second-order valence-electron chi connectivity index (χ2n) is 3.61. The Balaban J connectivity index is 2.18. The predicted molar refractivity (Wildman–Crippen MR) is 52.4 cm³/mol. The fourth-order valence-electron chi connectivity index (χ4n) is 1.70. The molecule has 0 N–H and O–H groups in total. The molecule has 5 heteroatoms.